The molecule has 2 amide bonds. The molecule has 154 valence electrons. The lowest BCUT2D eigenvalue weighted by Gasteiger charge is -2.16. The van der Waals surface area contributed by atoms with Crippen LogP contribution in [0.5, 0.6) is 0 Å². The highest BCUT2D eigenvalue weighted by molar-refractivity contribution is 6.05. The first-order valence-electron chi connectivity index (χ1n) is 10.1. The Balaban J connectivity index is 1.46. The number of rotatable bonds is 5. The van der Waals surface area contributed by atoms with Gasteiger partial charge in [0, 0.05) is 18.1 Å². The molecule has 0 spiro atoms. The molecule has 2 aromatic carbocycles. The fourth-order valence-corrected chi connectivity index (χ4v) is 3.94. The lowest BCUT2D eigenvalue weighted by molar-refractivity contribution is -0.124. The van der Waals surface area contributed by atoms with Crippen molar-refractivity contribution in [2.75, 3.05) is 10.2 Å². The second kappa shape index (κ2) is 7.68. The van der Waals surface area contributed by atoms with Gasteiger partial charge in [0.1, 0.15) is 6.04 Å². The summed E-state index contributed by atoms with van der Waals surface area (Å²) in [4.78, 5) is 36.6. The highest BCUT2D eigenvalue weighted by atomic mass is 16.2. The number of imidazole rings is 1. The molecule has 5 rings (SSSR count). The lowest BCUT2D eigenvalue weighted by Crippen LogP contribution is -2.31. The Hall–Kier alpha value is -4.00. The topological polar surface area (TPSA) is 80.1 Å². The van der Waals surface area contributed by atoms with E-state index in [2.05, 4.69) is 15.3 Å². The molecule has 4 aromatic rings. The Morgan fingerprint density at radius 3 is 2.65 bits per heavy atom. The monoisotopic (exact) mass is 411 g/mol. The fourth-order valence-electron chi connectivity index (χ4n) is 3.94. The van der Waals surface area contributed by atoms with Gasteiger partial charge in [0.25, 0.3) is 5.91 Å². The van der Waals surface area contributed by atoms with Crippen molar-refractivity contribution in [3.05, 3.63) is 84.2 Å². The normalized spacial score (nSPS) is 15.3. The molecule has 1 unspecified atom stereocenters. The molecule has 31 heavy (non-hydrogen) atoms. The summed E-state index contributed by atoms with van der Waals surface area (Å²) in [5.41, 5.74) is 4.37. The van der Waals surface area contributed by atoms with Crippen molar-refractivity contribution < 1.29 is 9.59 Å². The maximum atomic E-state index is 13.4. The van der Waals surface area contributed by atoms with E-state index in [4.69, 9.17) is 0 Å². The molecule has 1 aliphatic heterocycles. The van der Waals surface area contributed by atoms with Crippen LogP contribution in [0.1, 0.15) is 23.6 Å². The maximum Gasteiger partial charge on any atom is 0.253 e. The quantitative estimate of drug-likeness (QED) is 0.541. The molecule has 0 saturated heterocycles. The first kappa shape index (κ1) is 19.0. The molecule has 1 N–H and O–H groups in total. The van der Waals surface area contributed by atoms with E-state index in [1.165, 1.54) is 0 Å². The van der Waals surface area contributed by atoms with Crippen molar-refractivity contribution in [3.63, 3.8) is 0 Å². The number of hydrogen-bond acceptors (Lipinski definition) is 4. The van der Waals surface area contributed by atoms with Crippen LogP contribution in [0.3, 0.4) is 0 Å². The zero-order valence-electron chi connectivity index (χ0n) is 17.0. The Labute approximate surface area is 179 Å². The number of fused-ring (bicyclic) bond motifs is 3. The number of carbonyl (C=O) groups excluding carboxylic acids is 2. The summed E-state index contributed by atoms with van der Waals surface area (Å²) in [6.07, 6.45) is 3.46. The third-order valence-corrected chi connectivity index (χ3v) is 5.46. The van der Waals surface area contributed by atoms with Gasteiger partial charge in [-0.25, -0.2) is 4.98 Å². The molecular formula is C24H21N5O2. The van der Waals surface area contributed by atoms with Crippen LogP contribution in [-0.4, -0.2) is 26.3 Å². The summed E-state index contributed by atoms with van der Waals surface area (Å²) in [5, 5.41) is 2.90. The number of aromatic nitrogens is 3. The second-order valence-electron chi connectivity index (χ2n) is 7.69. The molecule has 7 heteroatoms. The van der Waals surface area contributed by atoms with Gasteiger partial charge in [-0.3, -0.25) is 24.0 Å². The van der Waals surface area contributed by atoms with E-state index >= 15 is 0 Å². The highest BCUT2D eigenvalue weighted by Gasteiger charge is 2.40. The third-order valence-electron chi connectivity index (χ3n) is 5.46. The minimum atomic E-state index is -0.649. The minimum Gasteiger partial charge on any atom is -0.326 e. The molecule has 0 radical (unpaired) electrons. The van der Waals surface area contributed by atoms with Crippen LogP contribution in [0.2, 0.25) is 0 Å². The largest absolute Gasteiger partial charge is 0.326 e. The summed E-state index contributed by atoms with van der Waals surface area (Å²) in [5.74, 6) is 0.202. The van der Waals surface area contributed by atoms with Gasteiger partial charge in [0.15, 0.2) is 0 Å². The molecule has 3 heterocycles. The van der Waals surface area contributed by atoms with E-state index in [0.29, 0.717) is 18.2 Å². The van der Waals surface area contributed by atoms with Crippen LogP contribution < -0.4 is 10.2 Å². The van der Waals surface area contributed by atoms with E-state index in [1.807, 2.05) is 72.2 Å². The van der Waals surface area contributed by atoms with Crippen LogP contribution in [-0.2, 0) is 16.1 Å². The number of amides is 2. The molecule has 7 nitrogen and oxygen atoms in total. The second-order valence-corrected chi connectivity index (χ2v) is 7.69. The number of para-hydroxylation sites is 2. The van der Waals surface area contributed by atoms with Crippen molar-refractivity contribution in [1.29, 1.82) is 0 Å². The van der Waals surface area contributed by atoms with Crippen molar-refractivity contribution in [2.24, 2.45) is 0 Å². The number of aryl methyl sites for hydroxylation is 1. The standard InChI is InChI=1S/C24H21N5O2/c1-16-8-10-18(11-9-16)26-22(30)13-21-23(31)28(15-17-5-4-12-25-14-17)24-27-19-6-2-3-7-20(19)29(21)24/h2-12,14,21H,13,15H2,1H3,(H,26,30). The van der Waals surface area contributed by atoms with Crippen molar-refractivity contribution >= 4 is 34.5 Å². The average Bonchev–Trinajstić information content (AvgIpc) is 3.27. The molecule has 1 atom stereocenters. The number of nitrogens with one attached hydrogen (secondary N) is 1. The summed E-state index contributed by atoms with van der Waals surface area (Å²) in [6.45, 7) is 2.34. The molecule has 1 aliphatic rings. The van der Waals surface area contributed by atoms with Crippen molar-refractivity contribution in [1.82, 2.24) is 14.5 Å². The summed E-state index contributed by atoms with van der Waals surface area (Å²) >= 11 is 0. The smallest absolute Gasteiger partial charge is 0.253 e. The molecular weight excluding hydrogens is 390 g/mol. The van der Waals surface area contributed by atoms with Crippen molar-refractivity contribution in [2.45, 2.75) is 25.9 Å². The minimum absolute atomic E-state index is 0.0314. The number of anilines is 2. The number of pyridine rings is 1. The molecule has 0 saturated carbocycles. The first-order chi connectivity index (χ1) is 15.1. The predicted molar refractivity (Wildman–Crippen MR) is 119 cm³/mol. The van der Waals surface area contributed by atoms with E-state index in [0.717, 1.165) is 22.2 Å². The lowest BCUT2D eigenvalue weighted by atomic mass is 10.1. The molecule has 0 fully saturated rings. The maximum absolute atomic E-state index is 13.4. The van der Waals surface area contributed by atoms with Crippen LogP contribution in [0.4, 0.5) is 11.6 Å². The molecule has 0 bridgehead atoms. The Kier molecular flexibility index (Phi) is 4.71. The van der Waals surface area contributed by atoms with Gasteiger partial charge < -0.3 is 5.32 Å². The Bertz CT molecular complexity index is 1260. The van der Waals surface area contributed by atoms with Gasteiger partial charge in [-0.1, -0.05) is 35.9 Å². The van der Waals surface area contributed by atoms with Gasteiger partial charge in [0.05, 0.1) is 24.0 Å². The van der Waals surface area contributed by atoms with Crippen LogP contribution in [0, 0.1) is 6.92 Å². The summed E-state index contributed by atoms with van der Waals surface area (Å²) in [7, 11) is 0. The Morgan fingerprint density at radius 2 is 1.87 bits per heavy atom. The number of nitrogens with zero attached hydrogens (tertiary/aromatic N) is 4. The van der Waals surface area contributed by atoms with Gasteiger partial charge >= 0.3 is 0 Å². The van der Waals surface area contributed by atoms with Crippen LogP contribution >= 0.6 is 0 Å². The Morgan fingerprint density at radius 1 is 1.06 bits per heavy atom. The number of benzene rings is 2. The SMILES string of the molecule is Cc1ccc(NC(=O)CC2C(=O)N(Cc3cccnc3)c3nc4ccccc4n32)cc1. The van der Waals surface area contributed by atoms with E-state index < -0.39 is 6.04 Å². The van der Waals surface area contributed by atoms with E-state index in [9.17, 15) is 9.59 Å². The average molecular weight is 411 g/mol. The number of carbonyl (C=O) groups is 2. The van der Waals surface area contributed by atoms with Gasteiger partial charge in [-0.05, 0) is 42.8 Å². The van der Waals surface area contributed by atoms with Gasteiger partial charge in [0.2, 0.25) is 11.9 Å². The van der Waals surface area contributed by atoms with Gasteiger partial charge in [-0.2, -0.15) is 0 Å². The highest BCUT2D eigenvalue weighted by Crippen LogP contribution is 2.37. The van der Waals surface area contributed by atoms with Crippen molar-refractivity contribution in [3.8, 4) is 0 Å². The first-order valence-corrected chi connectivity index (χ1v) is 10.1. The predicted octanol–water partition coefficient (Wildman–Crippen LogP) is 3.86. The summed E-state index contributed by atoms with van der Waals surface area (Å²) < 4.78 is 1.88. The molecule has 2 aromatic heterocycles. The van der Waals surface area contributed by atoms with E-state index in [-0.39, 0.29) is 18.2 Å². The fraction of sp³-hybridized carbons (Fsp3) is 0.167. The van der Waals surface area contributed by atoms with Crippen LogP contribution in [0.25, 0.3) is 11.0 Å². The summed E-state index contributed by atoms with van der Waals surface area (Å²) in [6, 6.07) is 18.4. The number of hydrogen-bond donors (Lipinski definition) is 1. The van der Waals surface area contributed by atoms with Gasteiger partial charge in [-0.15, -0.1) is 0 Å². The van der Waals surface area contributed by atoms with E-state index in [1.54, 1.807) is 17.3 Å². The van der Waals surface area contributed by atoms with Crippen LogP contribution in [0.15, 0.2) is 73.1 Å². The third kappa shape index (κ3) is 3.54. The molecule has 0 aliphatic carbocycles. The zero-order chi connectivity index (χ0) is 21.4. The zero-order valence-corrected chi connectivity index (χ0v) is 17.0.